The molecule has 1 fully saturated rings. The molecule has 1 saturated carbocycles. The predicted octanol–water partition coefficient (Wildman–Crippen LogP) is 4.02. The zero-order chi connectivity index (χ0) is 21.5. The average molecular weight is 418 g/mol. The summed E-state index contributed by atoms with van der Waals surface area (Å²) in [4.78, 5) is 30.0. The van der Waals surface area contributed by atoms with Gasteiger partial charge in [-0.25, -0.2) is 4.39 Å². The van der Waals surface area contributed by atoms with Crippen LogP contribution in [0.1, 0.15) is 30.1 Å². The van der Waals surface area contributed by atoms with Crippen molar-refractivity contribution in [3.63, 3.8) is 0 Å². The van der Waals surface area contributed by atoms with Gasteiger partial charge < -0.3 is 9.84 Å². The van der Waals surface area contributed by atoms with Crippen LogP contribution >= 0.6 is 0 Å². The Morgan fingerprint density at radius 1 is 1.23 bits per heavy atom. The Morgan fingerprint density at radius 3 is 2.81 bits per heavy atom. The Morgan fingerprint density at radius 2 is 2.03 bits per heavy atom. The zero-order valence-corrected chi connectivity index (χ0v) is 16.8. The van der Waals surface area contributed by atoms with E-state index in [0.717, 1.165) is 18.2 Å². The van der Waals surface area contributed by atoms with Crippen LogP contribution < -0.4 is 10.9 Å². The molecule has 0 aliphatic heterocycles. The molecule has 5 rings (SSSR count). The lowest BCUT2D eigenvalue weighted by atomic mass is 10.1. The van der Waals surface area contributed by atoms with E-state index in [1.807, 2.05) is 12.1 Å². The van der Waals surface area contributed by atoms with Gasteiger partial charge in [0.1, 0.15) is 12.4 Å². The molecule has 0 spiro atoms. The second kappa shape index (κ2) is 7.46. The second-order valence-corrected chi connectivity index (χ2v) is 7.74. The van der Waals surface area contributed by atoms with Crippen molar-refractivity contribution in [3.05, 3.63) is 76.1 Å². The van der Waals surface area contributed by atoms with E-state index in [1.165, 1.54) is 28.8 Å². The SMILES string of the molecule is Cc1cc(F)ccc1NC(=O)Cn1c(=O)cc(-c2nc(C3CC3)no2)c2ccccc21. The van der Waals surface area contributed by atoms with Crippen molar-refractivity contribution in [2.24, 2.45) is 0 Å². The topological polar surface area (TPSA) is 90.0 Å². The molecule has 1 amide bonds. The summed E-state index contributed by atoms with van der Waals surface area (Å²) in [7, 11) is 0. The van der Waals surface area contributed by atoms with Gasteiger partial charge in [0, 0.05) is 23.1 Å². The summed E-state index contributed by atoms with van der Waals surface area (Å²) in [5.74, 6) is 0.538. The minimum atomic E-state index is -0.386. The maximum Gasteiger partial charge on any atom is 0.258 e. The minimum Gasteiger partial charge on any atom is -0.334 e. The molecule has 0 bridgehead atoms. The van der Waals surface area contributed by atoms with Crippen molar-refractivity contribution in [1.82, 2.24) is 14.7 Å². The normalized spacial score (nSPS) is 13.5. The molecule has 7 nitrogen and oxygen atoms in total. The summed E-state index contributed by atoms with van der Waals surface area (Å²) in [5, 5.41) is 7.51. The summed E-state index contributed by atoms with van der Waals surface area (Å²) >= 11 is 0. The molecule has 8 heteroatoms. The van der Waals surface area contributed by atoms with Crippen LogP contribution in [0.15, 0.2) is 57.8 Å². The Bertz CT molecular complexity index is 1370. The van der Waals surface area contributed by atoms with Crippen LogP contribution in [0.5, 0.6) is 0 Å². The van der Waals surface area contributed by atoms with Gasteiger partial charge in [0.25, 0.3) is 11.4 Å². The van der Waals surface area contributed by atoms with E-state index >= 15 is 0 Å². The predicted molar refractivity (Wildman–Crippen MR) is 113 cm³/mol. The molecule has 0 atom stereocenters. The Kier molecular flexibility index (Phi) is 4.62. The lowest BCUT2D eigenvalue weighted by Gasteiger charge is -2.13. The van der Waals surface area contributed by atoms with Crippen LogP contribution in [-0.2, 0) is 11.3 Å². The third-order valence-electron chi connectivity index (χ3n) is 5.40. The maximum atomic E-state index is 13.3. The molecule has 31 heavy (non-hydrogen) atoms. The largest absolute Gasteiger partial charge is 0.334 e. The monoisotopic (exact) mass is 418 g/mol. The number of pyridine rings is 1. The number of anilines is 1. The van der Waals surface area contributed by atoms with Crippen LogP contribution in [0.25, 0.3) is 22.4 Å². The summed E-state index contributed by atoms with van der Waals surface area (Å²) in [6, 6.07) is 12.8. The second-order valence-electron chi connectivity index (χ2n) is 7.74. The highest BCUT2D eigenvalue weighted by molar-refractivity contribution is 5.95. The van der Waals surface area contributed by atoms with Crippen LogP contribution in [-0.4, -0.2) is 20.6 Å². The highest BCUT2D eigenvalue weighted by Gasteiger charge is 2.29. The van der Waals surface area contributed by atoms with E-state index in [9.17, 15) is 14.0 Å². The molecule has 156 valence electrons. The molecule has 2 aromatic carbocycles. The molecule has 0 unspecified atom stereocenters. The third kappa shape index (κ3) is 3.72. The Labute approximate surface area is 176 Å². The number of hydrogen-bond donors (Lipinski definition) is 1. The van der Waals surface area contributed by atoms with Crippen LogP contribution in [0, 0.1) is 12.7 Å². The number of carbonyl (C=O) groups excluding carboxylic acids is 1. The molecule has 2 heterocycles. The lowest BCUT2D eigenvalue weighted by molar-refractivity contribution is -0.116. The smallest absolute Gasteiger partial charge is 0.258 e. The number of nitrogens with one attached hydrogen (secondary N) is 1. The summed E-state index contributed by atoms with van der Waals surface area (Å²) in [5.41, 5.74) is 1.88. The van der Waals surface area contributed by atoms with Crippen molar-refractivity contribution in [2.75, 3.05) is 5.32 Å². The number of fused-ring (bicyclic) bond motifs is 1. The van der Waals surface area contributed by atoms with E-state index in [2.05, 4.69) is 15.5 Å². The first-order chi connectivity index (χ1) is 15.0. The Hall–Kier alpha value is -3.81. The quantitative estimate of drug-likeness (QED) is 0.529. The molecular weight excluding hydrogens is 399 g/mol. The number of aryl methyl sites for hydroxylation is 1. The number of amides is 1. The van der Waals surface area contributed by atoms with Gasteiger partial charge in [-0.1, -0.05) is 23.4 Å². The highest BCUT2D eigenvalue weighted by Crippen LogP contribution is 2.39. The van der Waals surface area contributed by atoms with Gasteiger partial charge in [-0.3, -0.25) is 14.2 Å². The molecule has 0 saturated heterocycles. The van der Waals surface area contributed by atoms with Gasteiger partial charge in [-0.15, -0.1) is 0 Å². The van der Waals surface area contributed by atoms with Gasteiger partial charge in [-0.05, 0) is 49.6 Å². The lowest BCUT2D eigenvalue weighted by Crippen LogP contribution is -2.28. The van der Waals surface area contributed by atoms with E-state index in [4.69, 9.17) is 4.52 Å². The number of rotatable bonds is 5. The molecule has 1 N–H and O–H groups in total. The van der Waals surface area contributed by atoms with Crippen molar-refractivity contribution in [1.29, 1.82) is 0 Å². The van der Waals surface area contributed by atoms with Crippen molar-refractivity contribution in [3.8, 4) is 11.5 Å². The van der Waals surface area contributed by atoms with Gasteiger partial charge in [0.05, 0.1) is 11.1 Å². The van der Waals surface area contributed by atoms with Gasteiger partial charge in [-0.2, -0.15) is 4.98 Å². The molecule has 2 aromatic heterocycles. The van der Waals surface area contributed by atoms with E-state index in [-0.39, 0.29) is 23.8 Å². The highest BCUT2D eigenvalue weighted by atomic mass is 19.1. The summed E-state index contributed by atoms with van der Waals surface area (Å²) in [6.45, 7) is 1.52. The number of halogens is 1. The third-order valence-corrected chi connectivity index (χ3v) is 5.40. The van der Waals surface area contributed by atoms with Crippen molar-refractivity contribution in [2.45, 2.75) is 32.2 Å². The number of carbonyl (C=O) groups is 1. The zero-order valence-electron chi connectivity index (χ0n) is 16.8. The van der Waals surface area contributed by atoms with Gasteiger partial charge >= 0.3 is 0 Å². The van der Waals surface area contributed by atoms with E-state index < -0.39 is 0 Å². The summed E-state index contributed by atoms with van der Waals surface area (Å²) in [6.07, 6.45) is 2.09. The van der Waals surface area contributed by atoms with Crippen LogP contribution in [0.3, 0.4) is 0 Å². The average Bonchev–Trinajstić information content (AvgIpc) is 3.49. The van der Waals surface area contributed by atoms with Crippen LogP contribution in [0.4, 0.5) is 10.1 Å². The standard InChI is InChI=1S/C23H19FN4O3/c1-13-10-15(24)8-9-18(13)25-20(29)12-28-19-5-3-2-4-16(19)17(11-21(28)30)23-26-22(27-31-23)14-6-7-14/h2-5,8-11,14H,6-7,12H2,1H3,(H,25,29). The number of nitrogens with zero attached hydrogens (tertiary/aromatic N) is 3. The fraction of sp³-hybridized carbons (Fsp3) is 0.217. The maximum absolute atomic E-state index is 13.3. The van der Waals surface area contributed by atoms with E-state index in [1.54, 1.807) is 19.1 Å². The van der Waals surface area contributed by atoms with Gasteiger partial charge in [0.15, 0.2) is 5.82 Å². The molecular formula is C23H19FN4O3. The first-order valence-corrected chi connectivity index (χ1v) is 10.0. The number of benzene rings is 2. The van der Waals surface area contributed by atoms with Crippen molar-refractivity contribution < 1.29 is 13.7 Å². The molecule has 4 aromatic rings. The molecule has 1 aliphatic carbocycles. The van der Waals surface area contributed by atoms with Gasteiger partial charge in [0.2, 0.25) is 5.91 Å². The van der Waals surface area contributed by atoms with Crippen LogP contribution in [0.2, 0.25) is 0 Å². The first kappa shape index (κ1) is 19.2. The number of aromatic nitrogens is 3. The van der Waals surface area contributed by atoms with Crippen molar-refractivity contribution >= 4 is 22.5 Å². The fourth-order valence-corrected chi connectivity index (χ4v) is 3.63. The Balaban J connectivity index is 1.50. The molecule has 1 aliphatic rings. The summed E-state index contributed by atoms with van der Waals surface area (Å²) < 4.78 is 20.1. The fourth-order valence-electron chi connectivity index (χ4n) is 3.63. The number of hydrogen-bond acceptors (Lipinski definition) is 5. The first-order valence-electron chi connectivity index (χ1n) is 10.0. The molecule has 0 radical (unpaired) electrons. The van der Waals surface area contributed by atoms with E-state index in [0.29, 0.717) is 40.0 Å². The minimum absolute atomic E-state index is 0.187. The number of para-hydroxylation sites is 1.